The van der Waals surface area contributed by atoms with Gasteiger partial charge in [0.05, 0.1) is 16.6 Å². The van der Waals surface area contributed by atoms with Crippen LogP contribution in [0.3, 0.4) is 0 Å². The van der Waals surface area contributed by atoms with Gasteiger partial charge in [0.2, 0.25) is 0 Å². The Morgan fingerprint density at radius 2 is 1.83 bits per heavy atom. The number of hydrogen-bond donors (Lipinski definition) is 1. The molecule has 0 saturated heterocycles. The molecule has 0 aliphatic rings. The van der Waals surface area contributed by atoms with E-state index < -0.39 is 0 Å². The molecule has 0 amide bonds. The smallest absolute Gasteiger partial charge is 0.116 e. The van der Waals surface area contributed by atoms with Gasteiger partial charge < -0.3 is 9.51 Å². The number of hydrogen-bond acceptors (Lipinski definition) is 2. The van der Waals surface area contributed by atoms with Crippen LogP contribution in [0.1, 0.15) is 0 Å². The molecule has 0 aliphatic heterocycles. The third kappa shape index (κ3) is 1.10. The third-order valence-electron chi connectivity index (χ3n) is 3.33. The van der Waals surface area contributed by atoms with Crippen molar-refractivity contribution < 1.29 is 5.11 Å². The lowest BCUT2D eigenvalue weighted by molar-refractivity contribution is 0.476. The minimum Gasteiger partial charge on any atom is -0.508 e. The zero-order valence-corrected chi connectivity index (χ0v) is 9.54. The SMILES string of the molecule is Oc1ccc2c(c1)c1ncccc1n1cccc21. The number of benzene rings is 1. The molecule has 1 N–H and O–H groups in total. The highest BCUT2D eigenvalue weighted by Crippen LogP contribution is 2.30. The van der Waals surface area contributed by atoms with Crippen LogP contribution in [0.5, 0.6) is 5.75 Å². The summed E-state index contributed by atoms with van der Waals surface area (Å²) in [7, 11) is 0. The molecule has 0 unspecified atom stereocenters. The molecule has 3 aromatic heterocycles. The first-order valence-corrected chi connectivity index (χ1v) is 5.81. The molecule has 3 nitrogen and oxygen atoms in total. The predicted octanol–water partition coefficient (Wildman–Crippen LogP) is 3.35. The summed E-state index contributed by atoms with van der Waals surface area (Å²) in [6, 6.07) is 13.5. The molecule has 0 spiro atoms. The van der Waals surface area contributed by atoms with Crippen LogP contribution in [-0.4, -0.2) is 14.5 Å². The maximum Gasteiger partial charge on any atom is 0.116 e. The quantitative estimate of drug-likeness (QED) is 0.474. The van der Waals surface area contributed by atoms with Gasteiger partial charge in [0.25, 0.3) is 0 Å². The zero-order valence-electron chi connectivity index (χ0n) is 9.54. The highest BCUT2D eigenvalue weighted by molar-refractivity contribution is 6.11. The van der Waals surface area contributed by atoms with Crippen molar-refractivity contribution in [2.24, 2.45) is 0 Å². The van der Waals surface area contributed by atoms with Gasteiger partial charge in [-0.25, -0.2) is 0 Å². The van der Waals surface area contributed by atoms with Gasteiger partial charge in [-0.1, -0.05) is 0 Å². The Bertz CT molecular complexity index is 893. The minimum absolute atomic E-state index is 0.269. The molecule has 0 bridgehead atoms. The highest BCUT2D eigenvalue weighted by atomic mass is 16.3. The number of nitrogens with zero attached hydrogens (tertiary/aromatic N) is 2. The van der Waals surface area contributed by atoms with E-state index in [2.05, 4.69) is 15.5 Å². The average molecular weight is 234 g/mol. The number of fused-ring (bicyclic) bond motifs is 6. The normalized spacial score (nSPS) is 11.6. The van der Waals surface area contributed by atoms with Crippen LogP contribution in [0.15, 0.2) is 54.9 Å². The lowest BCUT2D eigenvalue weighted by atomic mass is 10.1. The van der Waals surface area contributed by atoms with Crippen molar-refractivity contribution in [3.8, 4) is 5.75 Å². The number of phenolic OH excluding ortho intramolecular Hbond substituents is 1. The standard InChI is InChI=1S/C15H10N2O/c18-10-5-6-11-12(9-10)15-14(3-1-7-16-15)17-8-2-4-13(11)17/h1-9,18H. The number of phenols is 1. The van der Waals surface area contributed by atoms with E-state index >= 15 is 0 Å². The van der Waals surface area contributed by atoms with Gasteiger partial charge in [0.1, 0.15) is 5.75 Å². The van der Waals surface area contributed by atoms with E-state index in [9.17, 15) is 5.11 Å². The largest absolute Gasteiger partial charge is 0.508 e. The van der Waals surface area contributed by atoms with Gasteiger partial charge in [0, 0.05) is 23.2 Å². The summed E-state index contributed by atoms with van der Waals surface area (Å²) < 4.78 is 2.13. The van der Waals surface area contributed by atoms with Gasteiger partial charge in [-0.15, -0.1) is 0 Å². The van der Waals surface area contributed by atoms with Crippen LogP contribution in [0.2, 0.25) is 0 Å². The number of rotatable bonds is 0. The third-order valence-corrected chi connectivity index (χ3v) is 3.33. The molecule has 18 heavy (non-hydrogen) atoms. The first-order valence-electron chi connectivity index (χ1n) is 5.81. The summed E-state index contributed by atoms with van der Waals surface area (Å²) in [5.41, 5.74) is 3.09. The van der Waals surface area contributed by atoms with Crippen LogP contribution < -0.4 is 0 Å². The summed E-state index contributed by atoms with van der Waals surface area (Å²) in [6.45, 7) is 0. The Morgan fingerprint density at radius 3 is 2.78 bits per heavy atom. The van der Waals surface area contributed by atoms with E-state index in [4.69, 9.17) is 0 Å². The lowest BCUT2D eigenvalue weighted by Gasteiger charge is -2.08. The summed E-state index contributed by atoms with van der Waals surface area (Å²) in [4.78, 5) is 4.45. The Hall–Kier alpha value is -2.55. The van der Waals surface area contributed by atoms with Crippen molar-refractivity contribution in [3.05, 3.63) is 54.9 Å². The molecule has 4 aromatic rings. The fraction of sp³-hybridized carbons (Fsp3) is 0. The number of aromatic nitrogens is 2. The fourth-order valence-corrected chi connectivity index (χ4v) is 2.56. The van der Waals surface area contributed by atoms with Gasteiger partial charge in [-0.3, -0.25) is 4.98 Å². The second-order valence-corrected chi connectivity index (χ2v) is 4.36. The van der Waals surface area contributed by atoms with Crippen molar-refractivity contribution in [1.29, 1.82) is 0 Å². The molecule has 0 saturated carbocycles. The van der Waals surface area contributed by atoms with E-state index in [0.717, 1.165) is 27.3 Å². The second kappa shape index (κ2) is 3.23. The van der Waals surface area contributed by atoms with E-state index in [1.165, 1.54) is 0 Å². The van der Waals surface area contributed by atoms with Crippen molar-refractivity contribution in [2.45, 2.75) is 0 Å². The first kappa shape index (κ1) is 9.48. The fourth-order valence-electron chi connectivity index (χ4n) is 2.56. The average Bonchev–Trinajstić information content (AvgIpc) is 2.88. The summed E-state index contributed by atoms with van der Waals surface area (Å²) in [5.74, 6) is 0.269. The van der Waals surface area contributed by atoms with Crippen molar-refractivity contribution >= 4 is 27.3 Å². The van der Waals surface area contributed by atoms with E-state index in [1.807, 2.05) is 30.5 Å². The number of pyridine rings is 2. The van der Waals surface area contributed by atoms with E-state index in [0.29, 0.717) is 0 Å². The molecule has 0 atom stereocenters. The van der Waals surface area contributed by atoms with Crippen molar-refractivity contribution in [3.63, 3.8) is 0 Å². The number of aromatic hydroxyl groups is 1. The zero-order chi connectivity index (χ0) is 12.1. The van der Waals surface area contributed by atoms with Crippen molar-refractivity contribution in [2.75, 3.05) is 0 Å². The molecular weight excluding hydrogens is 224 g/mol. The van der Waals surface area contributed by atoms with E-state index in [1.54, 1.807) is 18.3 Å². The molecule has 3 heteroatoms. The second-order valence-electron chi connectivity index (χ2n) is 4.36. The Kier molecular flexibility index (Phi) is 1.70. The van der Waals surface area contributed by atoms with Crippen LogP contribution in [0.4, 0.5) is 0 Å². The molecular formula is C15H10N2O. The van der Waals surface area contributed by atoms with Gasteiger partial charge in [-0.05, 0) is 42.5 Å². The van der Waals surface area contributed by atoms with E-state index in [-0.39, 0.29) is 5.75 Å². The predicted molar refractivity (Wildman–Crippen MR) is 71.9 cm³/mol. The van der Waals surface area contributed by atoms with Gasteiger partial charge in [-0.2, -0.15) is 0 Å². The maximum atomic E-state index is 9.68. The minimum atomic E-state index is 0.269. The summed E-state index contributed by atoms with van der Waals surface area (Å²) >= 11 is 0. The molecule has 86 valence electrons. The van der Waals surface area contributed by atoms with Crippen molar-refractivity contribution in [1.82, 2.24) is 9.38 Å². The Labute approximate surface area is 103 Å². The molecule has 1 aromatic carbocycles. The lowest BCUT2D eigenvalue weighted by Crippen LogP contribution is -1.90. The van der Waals surface area contributed by atoms with Crippen LogP contribution in [0, 0.1) is 0 Å². The topological polar surface area (TPSA) is 37.5 Å². The summed E-state index contributed by atoms with van der Waals surface area (Å²) in [5, 5.41) is 11.8. The molecule has 3 heterocycles. The molecule has 0 radical (unpaired) electrons. The molecule has 4 rings (SSSR count). The molecule has 0 fully saturated rings. The monoisotopic (exact) mass is 234 g/mol. The summed E-state index contributed by atoms with van der Waals surface area (Å²) in [6.07, 6.45) is 3.81. The van der Waals surface area contributed by atoms with Gasteiger partial charge >= 0.3 is 0 Å². The first-order chi connectivity index (χ1) is 8.84. The maximum absolute atomic E-state index is 9.68. The van der Waals surface area contributed by atoms with Crippen LogP contribution >= 0.6 is 0 Å². The van der Waals surface area contributed by atoms with Crippen LogP contribution in [-0.2, 0) is 0 Å². The van der Waals surface area contributed by atoms with Gasteiger partial charge in [0.15, 0.2) is 0 Å². The Morgan fingerprint density at radius 1 is 0.944 bits per heavy atom. The molecule has 0 aliphatic carbocycles. The van der Waals surface area contributed by atoms with Crippen LogP contribution in [0.25, 0.3) is 27.3 Å². The Balaban J connectivity index is 2.44. The highest BCUT2D eigenvalue weighted by Gasteiger charge is 2.08.